The Morgan fingerprint density at radius 2 is 2.43 bits per heavy atom. The standard InChI is InChI=1S/C18H21NO4/c1-19-8-7-17-14-10-3-4-12(22-2)15(14)23-16(17)11(20)5-6-18(17,21)13(19)9-10/h3-4,13,16,21H,5-9H2,1-2H3/t13-,16?,17+,18-/m1/s1/i3D,4D,5D2,9D2,21D. The van der Waals surface area contributed by atoms with Crippen LogP contribution in [0.15, 0.2) is 12.1 Å². The highest BCUT2D eigenvalue weighted by molar-refractivity contribution is 5.90. The van der Waals surface area contributed by atoms with Crippen LogP contribution < -0.4 is 9.47 Å². The summed E-state index contributed by atoms with van der Waals surface area (Å²) in [7, 11) is 2.95. The van der Waals surface area contributed by atoms with Crippen LogP contribution in [0.25, 0.3) is 0 Å². The zero-order chi connectivity index (χ0) is 22.0. The zero-order valence-electron chi connectivity index (χ0n) is 19.9. The van der Waals surface area contributed by atoms with Gasteiger partial charge in [-0.05, 0) is 44.4 Å². The molecule has 2 heterocycles. The van der Waals surface area contributed by atoms with Crippen molar-refractivity contribution in [3.8, 4) is 11.5 Å². The van der Waals surface area contributed by atoms with Crippen LogP contribution in [0, 0.1) is 0 Å². The fraction of sp³-hybridized carbons (Fsp3) is 0.611. The van der Waals surface area contributed by atoms with E-state index in [2.05, 4.69) is 0 Å². The SMILES string of the molecule is [2H]O[C@@]12CC([2H])([2H])C(=O)C3Oc4c(OC)c([2H])c([2H])c5c4[C@@]31CCN(C)[C@@H]2C5([2H])[2H]. The van der Waals surface area contributed by atoms with Crippen molar-refractivity contribution >= 4 is 5.78 Å². The topological polar surface area (TPSA) is 59.0 Å². The maximum atomic E-state index is 13.2. The van der Waals surface area contributed by atoms with Gasteiger partial charge in [-0.25, -0.2) is 0 Å². The Morgan fingerprint density at radius 3 is 3.22 bits per heavy atom. The summed E-state index contributed by atoms with van der Waals surface area (Å²) in [6.45, 7) is 0.364. The lowest BCUT2D eigenvalue weighted by Gasteiger charge is -2.62. The van der Waals surface area contributed by atoms with Crippen molar-refractivity contribution in [3.05, 3.63) is 23.2 Å². The number of rotatable bonds is 2. The number of carbonyl (C=O) groups is 1. The van der Waals surface area contributed by atoms with Crippen LogP contribution in [0.3, 0.4) is 0 Å². The highest BCUT2D eigenvalue weighted by atomic mass is 16.5. The molecule has 1 saturated carbocycles. The first-order valence-corrected chi connectivity index (χ1v) is 7.70. The number of likely N-dealkylation sites (N-methyl/N-ethyl adjacent to an activating group) is 1. The molecular formula is C18H21NO4. The molecule has 5 rings (SSSR count). The Morgan fingerprint density at radius 1 is 1.57 bits per heavy atom. The zero-order valence-corrected chi connectivity index (χ0v) is 12.9. The fourth-order valence-corrected chi connectivity index (χ4v) is 4.79. The maximum absolute atomic E-state index is 13.2. The summed E-state index contributed by atoms with van der Waals surface area (Å²) in [5.41, 5.74) is -2.92. The minimum atomic E-state index is -2.40. The van der Waals surface area contributed by atoms with Gasteiger partial charge >= 0.3 is 0 Å². The molecule has 5 nitrogen and oxygen atoms in total. The van der Waals surface area contributed by atoms with Crippen molar-refractivity contribution in [2.45, 2.75) is 48.7 Å². The third-order valence-corrected chi connectivity index (χ3v) is 5.86. The Kier molecular flexibility index (Phi) is 1.51. The van der Waals surface area contributed by atoms with Gasteiger partial charge in [0.15, 0.2) is 23.4 Å². The van der Waals surface area contributed by atoms with E-state index in [1.54, 1.807) is 11.9 Å². The number of ether oxygens (including phenoxy) is 2. The second-order valence-corrected chi connectivity index (χ2v) is 6.72. The highest BCUT2D eigenvalue weighted by Gasteiger charge is 2.72. The van der Waals surface area contributed by atoms with Crippen molar-refractivity contribution in [2.24, 2.45) is 0 Å². The summed E-state index contributed by atoms with van der Waals surface area (Å²) in [6, 6.07) is -1.87. The molecule has 1 aromatic carbocycles. The second-order valence-electron chi connectivity index (χ2n) is 6.72. The van der Waals surface area contributed by atoms with E-state index < -0.39 is 48.1 Å². The predicted molar refractivity (Wildman–Crippen MR) is 83.0 cm³/mol. The number of hydrogen-bond acceptors (Lipinski definition) is 5. The van der Waals surface area contributed by atoms with Crippen molar-refractivity contribution in [3.63, 3.8) is 0 Å². The minimum absolute atomic E-state index is 0.0159. The number of ketones is 1. The molecule has 5 heteroatoms. The van der Waals surface area contributed by atoms with Crippen LogP contribution in [-0.4, -0.2) is 55.7 Å². The van der Waals surface area contributed by atoms with E-state index in [9.17, 15) is 4.79 Å². The number of hydrogen-bond donors (Lipinski definition) is 1. The molecule has 1 N–H and O–H groups in total. The number of benzene rings is 1. The van der Waals surface area contributed by atoms with E-state index >= 15 is 0 Å². The van der Waals surface area contributed by atoms with Gasteiger partial charge in [0.05, 0.1) is 20.9 Å². The Hall–Kier alpha value is -1.59. The van der Waals surface area contributed by atoms with Gasteiger partial charge in [0.25, 0.3) is 0 Å². The number of aliphatic hydroxyl groups is 1. The van der Waals surface area contributed by atoms with Crippen molar-refractivity contribution < 1.29 is 27.6 Å². The van der Waals surface area contributed by atoms with Gasteiger partial charge in [-0.1, -0.05) is 6.04 Å². The van der Waals surface area contributed by atoms with E-state index in [-0.39, 0.29) is 41.1 Å². The molecule has 1 saturated heterocycles. The number of likely N-dealkylation sites (tertiary alicyclic amines) is 1. The molecule has 1 aromatic rings. The lowest BCUT2D eigenvalue weighted by Crippen LogP contribution is -2.76. The fourth-order valence-electron chi connectivity index (χ4n) is 4.79. The molecule has 2 fully saturated rings. The molecule has 1 unspecified atom stereocenters. The first-order valence-electron chi connectivity index (χ1n) is 11.1. The first-order chi connectivity index (χ1) is 13.9. The van der Waals surface area contributed by atoms with E-state index in [4.69, 9.17) is 24.2 Å². The molecular weight excluding hydrogens is 294 g/mol. The summed E-state index contributed by atoms with van der Waals surface area (Å²) < 4.78 is 70.9. The van der Waals surface area contributed by atoms with Gasteiger partial charge in [-0.3, -0.25) is 4.79 Å². The number of nitrogens with zero attached hydrogens (tertiary/aromatic N) is 1. The second kappa shape index (κ2) is 4.08. The molecule has 4 atom stereocenters. The smallest absolute Gasteiger partial charge is 0.211 e. The highest BCUT2D eigenvalue weighted by Crippen LogP contribution is 2.64. The van der Waals surface area contributed by atoms with Crippen LogP contribution in [0.1, 0.15) is 38.6 Å². The molecule has 0 radical (unpaired) electrons. The summed E-state index contributed by atoms with van der Waals surface area (Å²) >= 11 is 0. The van der Waals surface area contributed by atoms with E-state index in [1.165, 1.54) is 7.11 Å². The minimum Gasteiger partial charge on any atom is -0.493 e. The van der Waals surface area contributed by atoms with Crippen molar-refractivity contribution in [1.82, 2.24) is 4.90 Å². The Bertz CT molecular complexity index is 1000. The lowest BCUT2D eigenvalue weighted by atomic mass is 9.49. The number of Topliss-reactive ketones (excluding diaryl/α,β-unsaturated/α-hetero) is 1. The van der Waals surface area contributed by atoms with Crippen molar-refractivity contribution in [1.29, 1.82) is 1.43 Å². The average Bonchev–Trinajstić information content (AvgIpc) is 2.99. The molecule has 4 aliphatic rings. The van der Waals surface area contributed by atoms with Crippen LogP contribution in [0.5, 0.6) is 11.5 Å². The summed E-state index contributed by atoms with van der Waals surface area (Å²) in [5, 5.41) is 5.28. The normalized spacial score (nSPS) is 49.3. The lowest BCUT2D eigenvalue weighted by molar-refractivity contribution is -0.185. The number of methoxy groups -OCH3 is 1. The molecule has 122 valence electrons. The number of carbonyl (C=O) groups excluding carboxylic acids is 1. The van der Waals surface area contributed by atoms with Gasteiger partial charge in [-0.2, -0.15) is 0 Å². The maximum Gasteiger partial charge on any atom is 0.211 e. The Balaban J connectivity index is 2.00. The molecule has 2 bridgehead atoms. The monoisotopic (exact) mass is 322 g/mol. The third-order valence-electron chi connectivity index (χ3n) is 5.86. The van der Waals surface area contributed by atoms with Crippen molar-refractivity contribution in [2.75, 3.05) is 20.7 Å². The Labute approximate surface area is 145 Å². The molecule has 2 aliphatic carbocycles. The third kappa shape index (κ3) is 1.32. The van der Waals surface area contributed by atoms with Gasteiger partial charge in [0.2, 0.25) is 1.43 Å². The van der Waals surface area contributed by atoms with E-state index in [0.717, 1.165) is 0 Å². The molecule has 0 aromatic heterocycles. The largest absolute Gasteiger partial charge is 0.493 e. The van der Waals surface area contributed by atoms with Crippen LogP contribution >= 0.6 is 0 Å². The van der Waals surface area contributed by atoms with E-state index in [0.29, 0.717) is 6.54 Å². The molecule has 1 spiro atoms. The van der Waals surface area contributed by atoms with Gasteiger partial charge in [-0.15, -0.1) is 0 Å². The predicted octanol–water partition coefficient (Wildman–Crippen LogP) is 1.05. The number of piperidine rings is 1. The first kappa shape index (κ1) is 8.49. The van der Waals surface area contributed by atoms with Gasteiger partial charge in [0, 0.05) is 23.5 Å². The molecule has 0 amide bonds. The quantitative estimate of drug-likeness (QED) is 0.882. The van der Waals surface area contributed by atoms with Crippen LogP contribution in [-0.2, 0) is 16.6 Å². The van der Waals surface area contributed by atoms with Crippen LogP contribution in [0.4, 0.5) is 0 Å². The van der Waals surface area contributed by atoms with Crippen LogP contribution in [0.2, 0.25) is 0 Å². The average molecular weight is 322 g/mol. The van der Waals surface area contributed by atoms with Gasteiger partial charge in [0.1, 0.15) is 0 Å². The van der Waals surface area contributed by atoms with Gasteiger partial charge < -0.3 is 19.5 Å². The summed E-state index contributed by atoms with van der Waals surface area (Å²) in [5.74, 6) is -0.913. The summed E-state index contributed by atoms with van der Waals surface area (Å²) in [4.78, 5) is 14.8. The summed E-state index contributed by atoms with van der Waals surface area (Å²) in [6.07, 6.45) is -6.28. The molecule has 2 aliphatic heterocycles. The molecule has 23 heavy (non-hydrogen) atoms. The van der Waals surface area contributed by atoms with E-state index in [1.807, 2.05) is 0 Å².